The van der Waals surface area contributed by atoms with Crippen LogP contribution in [-0.2, 0) is 5.75 Å². The Kier molecular flexibility index (Phi) is 4.49. The molecule has 6 nitrogen and oxygen atoms in total. The van der Waals surface area contributed by atoms with Crippen LogP contribution >= 0.6 is 11.8 Å². The third kappa shape index (κ3) is 3.76. The van der Waals surface area contributed by atoms with Crippen molar-refractivity contribution in [2.75, 3.05) is 0 Å². The number of nitrogens with zero attached hydrogens (tertiary/aromatic N) is 2. The van der Waals surface area contributed by atoms with Crippen molar-refractivity contribution < 1.29 is 14.2 Å². The third-order valence-corrected chi connectivity index (χ3v) is 3.74. The Morgan fingerprint density at radius 1 is 1.00 bits per heavy atom. The molecule has 8 heteroatoms. The van der Waals surface area contributed by atoms with E-state index in [-0.39, 0.29) is 5.69 Å². The van der Waals surface area contributed by atoms with E-state index in [9.17, 15) is 24.6 Å². The number of hydrogen-bond acceptors (Lipinski definition) is 5. The van der Waals surface area contributed by atoms with Crippen molar-refractivity contribution in [3.63, 3.8) is 0 Å². The van der Waals surface area contributed by atoms with Gasteiger partial charge in [-0.3, -0.25) is 20.2 Å². The SMILES string of the molecule is O=[N+]([O-])c1ccc(SCc2ccc([N+](=O)[O-])c(F)c2)cc1. The average molecular weight is 308 g/mol. The van der Waals surface area contributed by atoms with Crippen LogP contribution in [0.4, 0.5) is 15.8 Å². The fraction of sp³-hybridized carbons (Fsp3) is 0.0769. The summed E-state index contributed by atoms with van der Waals surface area (Å²) in [5.41, 5.74) is 0.0428. The van der Waals surface area contributed by atoms with Gasteiger partial charge in [0.2, 0.25) is 5.82 Å². The molecular formula is C13H9FN2O4S. The molecule has 2 aromatic carbocycles. The molecule has 0 atom stereocenters. The van der Waals surface area contributed by atoms with Crippen LogP contribution < -0.4 is 0 Å². The first-order chi connectivity index (χ1) is 9.97. The maximum Gasteiger partial charge on any atom is 0.304 e. The van der Waals surface area contributed by atoms with Crippen molar-refractivity contribution in [1.29, 1.82) is 0 Å². The predicted octanol–water partition coefficient (Wildman–Crippen LogP) is 3.93. The normalized spacial score (nSPS) is 10.3. The summed E-state index contributed by atoms with van der Waals surface area (Å²) in [4.78, 5) is 20.6. The van der Waals surface area contributed by atoms with E-state index in [1.165, 1.54) is 30.0 Å². The van der Waals surface area contributed by atoms with Crippen LogP contribution in [0.15, 0.2) is 47.4 Å². The van der Waals surface area contributed by atoms with Crippen LogP contribution in [0, 0.1) is 26.0 Å². The van der Waals surface area contributed by atoms with Crippen molar-refractivity contribution in [3.05, 3.63) is 74.1 Å². The Bertz CT molecular complexity index is 691. The van der Waals surface area contributed by atoms with Gasteiger partial charge in [-0.2, -0.15) is 4.39 Å². The standard InChI is InChI=1S/C13H9FN2O4S/c14-12-7-9(1-6-13(12)16(19)20)8-21-11-4-2-10(3-5-11)15(17)18/h1-7H,8H2. The van der Waals surface area contributed by atoms with Crippen LogP contribution in [0.1, 0.15) is 5.56 Å². The van der Waals surface area contributed by atoms with E-state index in [0.717, 1.165) is 17.0 Å². The first-order valence-corrected chi connectivity index (χ1v) is 6.76. The molecule has 21 heavy (non-hydrogen) atoms. The van der Waals surface area contributed by atoms with Crippen molar-refractivity contribution in [2.24, 2.45) is 0 Å². The van der Waals surface area contributed by atoms with Gasteiger partial charge in [0.25, 0.3) is 5.69 Å². The highest BCUT2D eigenvalue weighted by Crippen LogP contribution is 2.26. The minimum Gasteiger partial charge on any atom is -0.258 e. The molecule has 0 aliphatic rings. The van der Waals surface area contributed by atoms with Gasteiger partial charge < -0.3 is 0 Å². The molecule has 0 N–H and O–H groups in total. The highest BCUT2D eigenvalue weighted by molar-refractivity contribution is 7.98. The molecule has 0 heterocycles. The molecule has 0 saturated heterocycles. The highest BCUT2D eigenvalue weighted by atomic mass is 32.2. The first kappa shape index (κ1) is 14.9. The van der Waals surface area contributed by atoms with Gasteiger partial charge in [-0.15, -0.1) is 11.8 Å². The lowest BCUT2D eigenvalue weighted by molar-refractivity contribution is -0.387. The molecule has 0 unspecified atom stereocenters. The maximum atomic E-state index is 13.4. The Hall–Kier alpha value is -2.48. The lowest BCUT2D eigenvalue weighted by atomic mass is 10.2. The van der Waals surface area contributed by atoms with E-state index in [0.29, 0.717) is 11.3 Å². The molecule has 0 aliphatic heterocycles. The van der Waals surface area contributed by atoms with Crippen molar-refractivity contribution >= 4 is 23.1 Å². The summed E-state index contributed by atoms with van der Waals surface area (Å²) in [6.45, 7) is 0. The molecule has 0 aliphatic carbocycles. The first-order valence-electron chi connectivity index (χ1n) is 5.77. The van der Waals surface area contributed by atoms with Gasteiger partial charge in [0, 0.05) is 28.8 Å². The maximum absolute atomic E-state index is 13.4. The Balaban J connectivity index is 2.04. The number of hydrogen-bond donors (Lipinski definition) is 0. The van der Waals surface area contributed by atoms with Gasteiger partial charge in [0.15, 0.2) is 0 Å². The number of thioether (sulfide) groups is 1. The monoisotopic (exact) mass is 308 g/mol. The predicted molar refractivity (Wildman–Crippen MR) is 75.7 cm³/mol. The van der Waals surface area contributed by atoms with Crippen molar-refractivity contribution in [3.8, 4) is 0 Å². The quantitative estimate of drug-likeness (QED) is 0.474. The van der Waals surface area contributed by atoms with E-state index >= 15 is 0 Å². The summed E-state index contributed by atoms with van der Waals surface area (Å²) in [6, 6.07) is 9.71. The molecule has 0 spiro atoms. The second-order valence-corrected chi connectivity index (χ2v) is 5.13. The number of non-ortho nitro benzene ring substituents is 1. The molecule has 108 valence electrons. The minimum absolute atomic E-state index is 0.000676. The summed E-state index contributed by atoms with van der Waals surface area (Å²) in [7, 11) is 0. The fourth-order valence-corrected chi connectivity index (χ4v) is 2.46. The van der Waals surface area contributed by atoms with Gasteiger partial charge >= 0.3 is 5.69 Å². The van der Waals surface area contributed by atoms with Crippen LogP contribution in [0.2, 0.25) is 0 Å². The van der Waals surface area contributed by atoms with Gasteiger partial charge in [-0.05, 0) is 23.8 Å². The van der Waals surface area contributed by atoms with Gasteiger partial charge in [0.1, 0.15) is 0 Å². The number of nitro groups is 2. The molecule has 0 aromatic heterocycles. The summed E-state index contributed by atoms with van der Waals surface area (Å²) in [5, 5.41) is 21.0. The van der Waals surface area contributed by atoms with Crippen LogP contribution in [-0.4, -0.2) is 9.85 Å². The van der Waals surface area contributed by atoms with Crippen LogP contribution in [0.25, 0.3) is 0 Å². The van der Waals surface area contributed by atoms with Crippen LogP contribution in [0.5, 0.6) is 0 Å². The van der Waals surface area contributed by atoms with Crippen molar-refractivity contribution in [1.82, 2.24) is 0 Å². The van der Waals surface area contributed by atoms with E-state index in [1.807, 2.05) is 0 Å². The lowest BCUT2D eigenvalue weighted by Crippen LogP contribution is -1.93. The number of rotatable bonds is 5. The summed E-state index contributed by atoms with van der Waals surface area (Å²) in [5.74, 6) is -0.464. The smallest absolute Gasteiger partial charge is 0.258 e. The molecule has 2 aromatic rings. The van der Waals surface area contributed by atoms with E-state index < -0.39 is 21.4 Å². The van der Waals surface area contributed by atoms with Crippen LogP contribution in [0.3, 0.4) is 0 Å². The van der Waals surface area contributed by atoms with Gasteiger partial charge in [0.05, 0.1) is 9.85 Å². The fourth-order valence-electron chi connectivity index (χ4n) is 1.62. The summed E-state index contributed by atoms with van der Waals surface area (Å²) < 4.78 is 13.4. The Morgan fingerprint density at radius 2 is 1.67 bits per heavy atom. The minimum atomic E-state index is -0.873. The molecule has 0 bridgehead atoms. The highest BCUT2D eigenvalue weighted by Gasteiger charge is 2.13. The number of halogens is 1. The molecule has 0 fully saturated rings. The van der Waals surface area contributed by atoms with E-state index in [2.05, 4.69) is 0 Å². The molecule has 0 radical (unpaired) electrons. The third-order valence-electron chi connectivity index (χ3n) is 2.66. The number of nitro benzene ring substituents is 2. The largest absolute Gasteiger partial charge is 0.304 e. The molecule has 0 amide bonds. The summed E-state index contributed by atoms with van der Waals surface area (Å²) in [6.07, 6.45) is 0. The molecule has 0 saturated carbocycles. The topological polar surface area (TPSA) is 86.3 Å². The average Bonchev–Trinajstić information content (AvgIpc) is 2.45. The zero-order chi connectivity index (χ0) is 15.4. The summed E-state index contributed by atoms with van der Waals surface area (Å²) >= 11 is 1.36. The zero-order valence-corrected chi connectivity index (χ0v) is 11.4. The lowest BCUT2D eigenvalue weighted by Gasteiger charge is -2.02. The van der Waals surface area contributed by atoms with Gasteiger partial charge in [-0.1, -0.05) is 6.07 Å². The van der Waals surface area contributed by atoms with Gasteiger partial charge in [-0.25, -0.2) is 0 Å². The second kappa shape index (κ2) is 6.31. The zero-order valence-electron chi connectivity index (χ0n) is 10.6. The Labute approximate surface area is 122 Å². The number of benzene rings is 2. The van der Waals surface area contributed by atoms with E-state index in [1.54, 1.807) is 12.1 Å². The van der Waals surface area contributed by atoms with Crippen molar-refractivity contribution in [2.45, 2.75) is 10.6 Å². The molecular weight excluding hydrogens is 299 g/mol. The Morgan fingerprint density at radius 3 is 2.19 bits per heavy atom. The second-order valence-electron chi connectivity index (χ2n) is 4.08. The molecule has 2 rings (SSSR count). The van der Waals surface area contributed by atoms with E-state index in [4.69, 9.17) is 0 Å².